The Labute approximate surface area is 229 Å². The number of halogens is 5. The minimum Gasteiger partial charge on any atom is -0.490 e. The number of carboxylic acid groups (broad SMARTS) is 1. The highest BCUT2D eigenvalue weighted by molar-refractivity contribution is 6.30. The number of nitrogens with zero attached hydrogens (tertiary/aromatic N) is 2. The van der Waals surface area contributed by atoms with E-state index in [-0.39, 0.29) is 67.7 Å². The van der Waals surface area contributed by atoms with Gasteiger partial charge in [-0.25, -0.2) is 17.6 Å². The van der Waals surface area contributed by atoms with Crippen molar-refractivity contribution < 1.29 is 37.0 Å². The number of carbonyl (C=O) groups excluding carboxylic acids is 1. The molecule has 3 fully saturated rings. The molecule has 1 saturated carbocycles. The van der Waals surface area contributed by atoms with E-state index in [9.17, 15) is 18.0 Å². The summed E-state index contributed by atoms with van der Waals surface area (Å²) in [4.78, 5) is 24.5. The minimum atomic E-state index is -1.56. The molecule has 212 valence electrons. The number of amides is 1. The van der Waals surface area contributed by atoms with Crippen molar-refractivity contribution in [3.05, 3.63) is 63.7 Å². The number of benzene rings is 2. The van der Waals surface area contributed by atoms with Crippen LogP contribution in [0.2, 0.25) is 5.02 Å². The maximum Gasteiger partial charge on any atom is 0.290 e. The van der Waals surface area contributed by atoms with Gasteiger partial charge in [-0.3, -0.25) is 14.5 Å². The van der Waals surface area contributed by atoms with Gasteiger partial charge in [-0.1, -0.05) is 17.7 Å². The lowest BCUT2D eigenvalue weighted by Gasteiger charge is -2.36. The first kappa shape index (κ1) is 29.1. The van der Waals surface area contributed by atoms with Crippen molar-refractivity contribution in [2.45, 2.75) is 56.4 Å². The summed E-state index contributed by atoms with van der Waals surface area (Å²) in [5, 5.41) is 6.95. The summed E-state index contributed by atoms with van der Waals surface area (Å²) in [5.41, 5.74) is -0.0688. The van der Waals surface area contributed by atoms with Crippen molar-refractivity contribution in [1.29, 1.82) is 0 Å². The summed E-state index contributed by atoms with van der Waals surface area (Å²) >= 11 is 5.86. The van der Waals surface area contributed by atoms with Gasteiger partial charge in [-0.15, -0.1) is 0 Å². The van der Waals surface area contributed by atoms with Crippen molar-refractivity contribution in [1.82, 2.24) is 9.80 Å². The fraction of sp³-hybridized carbons (Fsp3) is 0.500. The van der Waals surface area contributed by atoms with Gasteiger partial charge in [0, 0.05) is 32.2 Å². The Morgan fingerprint density at radius 2 is 1.79 bits per heavy atom. The molecule has 0 spiro atoms. The van der Waals surface area contributed by atoms with Gasteiger partial charge < -0.3 is 14.7 Å². The van der Waals surface area contributed by atoms with Crippen LogP contribution in [0.3, 0.4) is 0 Å². The lowest BCUT2D eigenvalue weighted by Crippen LogP contribution is -2.44. The Morgan fingerprint density at radius 1 is 1.10 bits per heavy atom. The maximum atomic E-state index is 15.6. The zero-order valence-electron chi connectivity index (χ0n) is 21.4. The predicted molar refractivity (Wildman–Crippen MR) is 138 cm³/mol. The zero-order chi connectivity index (χ0) is 28.2. The van der Waals surface area contributed by atoms with Crippen molar-refractivity contribution in [3.63, 3.8) is 0 Å². The topological polar surface area (TPSA) is 70.1 Å². The van der Waals surface area contributed by atoms with Crippen LogP contribution in [0.5, 0.6) is 5.75 Å². The highest BCUT2D eigenvalue weighted by Crippen LogP contribution is 2.45. The Balaban J connectivity index is 0.00000112. The third-order valence-corrected chi connectivity index (χ3v) is 7.68. The predicted octanol–water partition coefficient (Wildman–Crippen LogP) is 5.76. The van der Waals surface area contributed by atoms with Crippen LogP contribution in [-0.4, -0.2) is 71.9 Å². The molecule has 2 heterocycles. The highest BCUT2D eigenvalue weighted by Gasteiger charge is 2.37. The van der Waals surface area contributed by atoms with Gasteiger partial charge in [0.1, 0.15) is 35.8 Å². The molecule has 2 aliphatic heterocycles. The number of hydrogen-bond donors (Lipinski definition) is 1. The van der Waals surface area contributed by atoms with Gasteiger partial charge in [0.25, 0.3) is 12.4 Å². The first-order chi connectivity index (χ1) is 18.6. The molecule has 1 N–H and O–H groups in total. The van der Waals surface area contributed by atoms with E-state index in [4.69, 9.17) is 26.2 Å². The Bertz CT molecular complexity index is 1190. The number of hydrogen-bond acceptors (Lipinski definition) is 4. The molecule has 5 rings (SSSR count). The van der Waals surface area contributed by atoms with Crippen molar-refractivity contribution in [3.8, 4) is 5.75 Å². The molecule has 11 heteroatoms. The quantitative estimate of drug-likeness (QED) is 0.338. The average Bonchev–Trinajstić information content (AvgIpc) is 3.66. The van der Waals surface area contributed by atoms with E-state index >= 15 is 4.39 Å². The summed E-state index contributed by atoms with van der Waals surface area (Å²) in [6.45, 7) is 1.33. The van der Waals surface area contributed by atoms with Gasteiger partial charge in [0.2, 0.25) is 0 Å². The van der Waals surface area contributed by atoms with E-state index in [0.29, 0.717) is 25.2 Å². The number of carbonyl (C=O) groups is 2. The molecule has 1 aliphatic carbocycles. The summed E-state index contributed by atoms with van der Waals surface area (Å²) in [5.74, 6) is -1.29. The van der Waals surface area contributed by atoms with Crippen molar-refractivity contribution >= 4 is 24.0 Å². The minimum absolute atomic E-state index is 0.0229. The molecule has 0 radical (unpaired) electrons. The molecule has 0 aromatic heterocycles. The molecule has 1 amide bonds. The van der Waals surface area contributed by atoms with Crippen LogP contribution in [-0.2, 0) is 11.3 Å². The van der Waals surface area contributed by atoms with Crippen LogP contribution in [0.15, 0.2) is 30.3 Å². The second-order valence-corrected chi connectivity index (χ2v) is 10.8. The summed E-state index contributed by atoms with van der Waals surface area (Å²) in [7, 11) is 0. The average molecular weight is 571 g/mol. The van der Waals surface area contributed by atoms with E-state index in [0.717, 1.165) is 18.4 Å². The largest absolute Gasteiger partial charge is 0.490 e. The molecule has 2 saturated heterocycles. The first-order valence-electron chi connectivity index (χ1n) is 12.9. The summed E-state index contributed by atoms with van der Waals surface area (Å²) in [6.07, 6.45) is 1.48. The lowest BCUT2D eigenvalue weighted by atomic mass is 9.93. The Kier molecular flexibility index (Phi) is 9.38. The van der Waals surface area contributed by atoms with Crippen LogP contribution in [0, 0.1) is 11.6 Å². The van der Waals surface area contributed by atoms with Crippen LogP contribution in [0.25, 0.3) is 0 Å². The van der Waals surface area contributed by atoms with Gasteiger partial charge in [0.05, 0.1) is 17.1 Å². The molecule has 6 nitrogen and oxygen atoms in total. The van der Waals surface area contributed by atoms with Crippen molar-refractivity contribution in [2.24, 2.45) is 0 Å². The molecule has 3 aliphatic rings. The van der Waals surface area contributed by atoms with Crippen molar-refractivity contribution in [2.75, 3.05) is 32.8 Å². The van der Waals surface area contributed by atoms with E-state index < -0.39 is 29.4 Å². The molecule has 0 bridgehead atoms. The fourth-order valence-electron chi connectivity index (χ4n) is 5.01. The Hall–Kier alpha value is -2.85. The second-order valence-electron chi connectivity index (χ2n) is 10.4. The summed E-state index contributed by atoms with van der Waals surface area (Å²) in [6, 6.07) is 7.27. The van der Waals surface area contributed by atoms with E-state index in [1.807, 2.05) is 0 Å². The van der Waals surface area contributed by atoms with Gasteiger partial charge >= 0.3 is 0 Å². The maximum absolute atomic E-state index is 15.6. The van der Waals surface area contributed by atoms with Crippen LogP contribution >= 0.6 is 11.6 Å². The third kappa shape index (κ3) is 7.42. The molecule has 1 atom stereocenters. The number of alkyl halides is 2. The molecule has 2 aromatic rings. The zero-order valence-corrected chi connectivity index (χ0v) is 22.1. The monoisotopic (exact) mass is 570 g/mol. The number of likely N-dealkylation sites (tertiary alicyclic amines) is 2. The van der Waals surface area contributed by atoms with E-state index in [1.54, 1.807) is 12.1 Å². The SMILES string of the molecule is O=C(c1cc(C2CC2)c(OCC2(F)CCN(Cc3ccc(F)c(Cl)c3)CC2)cc1F)N1CCC(F)C1.O=CO. The third-order valence-electron chi connectivity index (χ3n) is 7.39. The van der Waals surface area contributed by atoms with Crippen LogP contribution in [0.1, 0.15) is 59.5 Å². The molecule has 1 unspecified atom stereocenters. The standard InChI is InChI=1S/C27H29ClF4N2O2.CH2O2/c28-22-11-17(1-4-23(22)30)14-33-9-6-27(32,7-10-33)16-36-25-13-24(31)21(12-20(25)18-2-3-18)26(35)34-8-5-19(29)15-34;2-1-3/h1,4,11-13,18-19H,2-3,5-10,14-16H2;1H,(H,2,3). The first-order valence-corrected chi connectivity index (χ1v) is 13.3. The molecular weight excluding hydrogens is 540 g/mol. The van der Waals surface area contributed by atoms with E-state index in [2.05, 4.69) is 4.90 Å². The smallest absolute Gasteiger partial charge is 0.290 e. The lowest BCUT2D eigenvalue weighted by molar-refractivity contribution is -0.122. The van der Waals surface area contributed by atoms with Gasteiger partial charge in [0.15, 0.2) is 0 Å². The fourth-order valence-corrected chi connectivity index (χ4v) is 5.21. The Morgan fingerprint density at radius 3 is 2.38 bits per heavy atom. The van der Waals surface area contributed by atoms with Gasteiger partial charge in [-0.2, -0.15) is 0 Å². The summed E-state index contributed by atoms with van der Waals surface area (Å²) < 4.78 is 63.3. The highest BCUT2D eigenvalue weighted by atomic mass is 35.5. The van der Waals surface area contributed by atoms with E-state index in [1.165, 1.54) is 23.1 Å². The normalized spacial score (nSPS) is 20.7. The molecule has 2 aromatic carbocycles. The number of rotatable bonds is 7. The van der Waals surface area contributed by atoms with Crippen LogP contribution < -0.4 is 4.74 Å². The number of ether oxygens (including phenoxy) is 1. The molecule has 39 heavy (non-hydrogen) atoms. The second kappa shape index (κ2) is 12.6. The van der Waals surface area contributed by atoms with Gasteiger partial charge in [-0.05, 0) is 67.3 Å². The molecular formula is C28H31ClF4N2O4. The van der Waals surface area contributed by atoms with Crippen LogP contribution in [0.4, 0.5) is 17.6 Å². The number of piperidine rings is 1.